The first-order chi connectivity index (χ1) is 10.1. The molecular formula is C13H13ClN4O3. The third kappa shape index (κ3) is 2.88. The zero-order valence-electron chi connectivity index (χ0n) is 11.1. The molecule has 0 bridgehead atoms. The molecule has 21 heavy (non-hydrogen) atoms. The minimum absolute atomic E-state index is 0.0267. The Hall–Kier alpha value is -1.99. The second-order valence-corrected chi connectivity index (χ2v) is 5.14. The number of carboxylic acids is 1. The van der Waals surface area contributed by atoms with E-state index in [9.17, 15) is 4.79 Å². The van der Waals surface area contributed by atoms with Crippen LogP contribution in [0.2, 0.25) is 5.02 Å². The molecule has 1 N–H and O–H groups in total. The van der Waals surface area contributed by atoms with E-state index < -0.39 is 5.97 Å². The van der Waals surface area contributed by atoms with Gasteiger partial charge in [0.05, 0.1) is 10.6 Å². The van der Waals surface area contributed by atoms with Crippen molar-refractivity contribution in [1.82, 2.24) is 19.7 Å². The molecule has 110 valence electrons. The van der Waals surface area contributed by atoms with Gasteiger partial charge in [-0.15, -0.1) is 5.10 Å². The average Bonchev–Trinajstić information content (AvgIpc) is 2.97. The van der Waals surface area contributed by atoms with Gasteiger partial charge in [0.2, 0.25) is 5.82 Å². The maximum absolute atomic E-state index is 10.9. The molecule has 3 heterocycles. The number of nitrogens with zero attached hydrogens (tertiary/aromatic N) is 4. The van der Waals surface area contributed by atoms with Crippen LogP contribution in [0.3, 0.4) is 0 Å². The molecule has 0 aliphatic carbocycles. The van der Waals surface area contributed by atoms with Gasteiger partial charge in [-0.25, -0.2) is 14.5 Å². The number of rotatable bonds is 3. The van der Waals surface area contributed by atoms with E-state index in [4.69, 9.17) is 21.4 Å². The lowest BCUT2D eigenvalue weighted by atomic mass is 10.2. The van der Waals surface area contributed by atoms with Crippen LogP contribution in [-0.4, -0.2) is 37.4 Å². The number of carbonyl (C=O) groups is 1. The number of ether oxygens (including phenoxy) is 1. The van der Waals surface area contributed by atoms with E-state index >= 15 is 0 Å². The molecule has 0 spiro atoms. The highest BCUT2D eigenvalue weighted by atomic mass is 35.5. The van der Waals surface area contributed by atoms with Gasteiger partial charge < -0.3 is 9.84 Å². The van der Waals surface area contributed by atoms with Gasteiger partial charge in [-0.05, 0) is 25.3 Å². The molecule has 3 rings (SSSR count). The molecule has 1 unspecified atom stereocenters. The molecular weight excluding hydrogens is 296 g/mol. The topological polar surface area (TPSA) is 90.1 Å². The Balaban J connectivity index is 1.87. The smallest absolute Gasteiger partial charge is 0.337 e. The molecule has 0 aromatic carbocycles. The molecule has 1 saturated heterocycles. The Bertz CT molecular complexity index is 667. The van der Waals surface area contributed by atoms with Crippen LogP contribution in [0.15, 0.2) is 18.6 Å². The van der Waals surface area contributed by atoms with E-state index in [1.807, 2.05) is 0 Å². The first-order valence-corrected chi connectivity index (χ1v) is 6.95. The van der Waals surface area contributed by atoms with E-state index in [2.05, 4.69) is 15.1 Å². The Morgan fingerprint density at radius 2 is 2.29 bits per heavy atom. The lowest BCUT2D eigenvalue weighted by molar-refractivity contribution is -0.0395. The van der Waals surface area contributed by atoms with Crippen molar-refractivity contribution >= 4 is 17.6 Å². The van der Waals surface area contributed by atoms with E-state index in [1.165, 1.54) is 12.3 Å². The van der Waals surface area contributed by atoms with E-state index in [-0.39, 0.29) is 16.8 Å². The SMILES string of the molecule is O=C(O)c1cnc(-c2ncn(C3CCCCO3)n2)c(Cl)c1. The number of halogens is 1. The van der Waals surface area contributed by atoms with Gasteiger partial charge in [-0.1, -0.05) is 11.6 Å². The van der Waals surface area contributed by atoms with Gasteiger partial charge in [0.25, 0.3) is 0 Å². The fraction of sp³-hybridized carbons (Fsp3) is 0.385. The normalized spacial score (nSPS) is 18.6. The van der Waals surface area contributed by atoms with Crippen LogP contribution in [0.4, 0.5) is 0 Å². The van der Waals surface area contributed by atoms with Gasteiger partial charge in [0.15, 0.2) is 6.23 Å². The summed E-state index contributed by atoms with van der Waals surface area (Å²) in [6.07, 6.45) is 5.74. The van der Waals surface area contributed by atoms with Crippen molar-refractivity contribution in [3.05, 3.63) is 29.2 Å². The molecule has 0 amide bonds. The number of hydrogen-bond donors (Lipinski definition) is 1. The minimum atomic E-state index is -1.08. The van der Waals surface area contributed by atoms with Crippen LogP contribution in [0.5, 0.6) is 0 Å². The highest BCUT2D eigenvalue weighted by Crippen LogP contribution is 2.26. The van der Waals surface area contributed by atoms with Gasteiger partial charge >= 0.3 is 5.97 Å². The van der Waals surface area contributed by atoms with Crippen LogP contribution >= 0.6 is 11.6 Å². The van der Waals surface area contributed by atoms with Gasteiger partial charge in [0.1, 0.15) is 12.0 Å². The monoisotopic (exact) mass is 308 g/mol. The van der Waals surface area contributed by atoms with Gasteiger partial charge in [0, 0.05) is 12.8 Å². The highest BCUT2D eigenvalue weighted by molar-refractivity contribution is 6.33. The standard InChI is InChI=1S/C13H13ClN4O3/c14-9-5-8(13(19)20)6-15-11(9)12-16-7-18(17-12)10-3-1-2-4-21-10/h5-7,10H,1-4H2,(H,19,20). The first-order valence-electron chi connectivity index (χ1n) is 6.57. The molecule has 1 atom stereocenters. The first kappa shape index (κ1) is 14.0. The molecule has 0 saturated carbocycles. The Kier molecular flexibility index (Phi) is 3.85. The summed E-state index contributed by atoms with van der Waals surface area (Å²) in [5.41, 5.74) is 0.384. The fourth-order valence-corrected chi connectivity index (χ4v) is 2.42. The van der Waals surface area contributed by atoms with Crippen molar-refractivity contribution in [2.75, 3.05) is 6.61 Å². The Morgan fingerprint density at radius 3 is 2.95 bits per heavy atom. The number of carboxylic acid groups (broad SMARTS) is 1. The predicted molar refractivity (Wildman–Crippen MR) is 74.1 cm³/mol. The summed E-state index contributed by atoms with van der Waals surface area (Å²) in [4.78, 5) is 19.1. The van der Waals surface area contributed by atoms with Crippen molar-refractivity contribution in [1.29, 1.82) is 0 Å². The van der Waals surface area contributed by atoms with E-state index in [0.29, 0.717) is 18.1 Å². The van der Waals surface area contributed by atoms with Crippen LogP contribution < -0.4 is 0 Å². The minimum Gasteiger partial charge on any atom is -0.478 e. The molecule has 2 aromatic rings. The number of aromatic carboxylic acids is 1. The highest BCUT2D eigenvalue weighted by Gasteiger charge is 2.19. The van der Waals surface area contributed by atoms with Crippen molar-refractivity contribution in [2.24, 2.45) is 0 Å². The molecule has 1 fully saturated rings. The number of aromatic nitrogens is 4. The summed E-state index contributed by atoms with van der Waals surface area (Å²) in [6.45, 7) is 0.714. The molecule has 8 heteroatoms. The molecule has 0 radical (unpaired) electrons. The molecule has 1 aliphatic heterocycles. The second kappa shape index (κ2) is 5.79. The number of pyridine rings is 1. The maximum atomic E-state index is 10.9. The third-order valence-corrected chi connectivity index (χ3v) is 3.55. The Labute approximate surface area is 125 Å². The van der Waals surface area contributed by atoms with Crippen molar-refractivity contribution < 1.29 is 14.6 Å². The zero-order valence-corrected chi connectivity index (χ0v) is 11.8. The summed E-state index contributed by atoms with van der Waals surface area (Å²) >= 11 is 6.06. The molecule has 2 aromatic heterocycles. The summed E-state index contributed by atoms with van der Waals surface area (Å²) in [5.74, 6) is -0.726. The van der Waals surface area contributed by atoms with Crippen molar-refractivity contribution in [3.8, 4) is 11.5 Å². The van der Waals surface area contributed by atoms with Crippen molar-refractivity contribution in [3.63, 3.8) is 0 Å². The maximum Gasteiger partial charge on any atom is 0.337 e. The van der Waals surface area contributed by atoms with Gasteiger partial charge in [-0.2, -0.15) is 0 Å². The summed E-state index contributed by atoms with van der Waals surface area (Å²) in [5, 5.41) is 13.4. The second-order valence-electron chi connectivity index (χ2n) is 4.73. The lowest BCUT2D eigenvalue weighted by Crippen LogP contribution is -2.18. The zero-order chi connectivity index (χ0) is 14.8. The van der Waals surface area contributed by atoms with Crippen LogP contribution in [0.1, 0.15) is 35.8 Å². The molecule has 7 nitrogen and oxygen atoms in total. The van der Waals surface area contributed by atoms with Gasteiger partial charge in [-0.3, -0.25) is 4.98 Å². The predicted octanol–water partition coefficient (Wildman–Crippen LogP) is 2.39. The van der Waals surface area contributed by atoms with Crippen LogP contribution in [0, 0.1) is 0 Å². The Morgan fingerprint density at radius 1 is 1.43 bits per heavy atom. The average molecular weight is 309 g/mol. The molecule has 1 aliphatic rings. The third-order valence-electron chi connectivity index (χ3n) is 3.26. The fourth-order valence-electron chi connectivity index (χ4n) is 2.17. The number of hydrogen-bond acceptors (Lipinski definition) is 5. The van der Waals surface area contributed by atoms with E-state index in [1.54, 1.807) is 11.0 Å². The lowest BCUT2D eigenvalue weighted by Gasteiger charge is -2.21. The van der Waals surface area contributed by atoms with Crippen LogP contribution in [-0.2, 0) is 4.74 Å². The summed E-state index contributed by atoms with van der Waals surface area (Å²) in [6, 6.07) is 1.34. The summed E-state index contributed by atoms with van der Waals surface area (Å²) < 4.78 is 7.27. The quantitative estimate of drug-likeness (QED) is 0.936. The van der Waals surface area contributed by atoms with Crippen LogP contribution in [0.25, 0.3) is 11.5 Å². The largest absolute Gasteiger partial charge is 0.478 e. The van der Waals surface area contributed by atoms with Crippen molar-refractivity contribution in [2.45, 2.75) is 25.5 Å². The van der Waals surface area contributed by atoms with E-state index in [0.717, 1.165) is 19.3 Å². The summed E-state index contributed by atoms with van der Waals surface area (Å²) in [7, 11) is 0.